The summed E-state index contributed by atoms with van der Waals surface area (Å²) in [5.41, 5.74) is 2.40. The Labute approximate surface area is 155 Å². The zero-order valence-corrected chi connectivity index (χ0v) is 15.7. The Hall–Kier alpha value is -2.49. The van der Waals surface area contributed by atoms with Crippen molar-refractivity contribution in [3.8, 4) is 0 Å². The molecule has 0 bridgehead atoms. The van der Waals surface area contributed by atoms with Crippen LogP contribution in [0.4, 0.5) is 9.93 Å². The molecule has 0 radical (unpaired) electrons. The third kappa shape index (κ3) is 4.78. The molecule has 0 aliphatic rings. The molecule has 3 rings (SSSR count). The number of thiazole rings is 1. The number of sulfonamides is 1. The number of carbonyl (C=O) groups is 1. The SMILES string of the molecule is CNS(=O)(=O)Cc1ccc(CNC(=O)Nc2nc3ccccc3s2)cc1. The van der Waals surface area contributed by atoms with Gasteiger partial charge >= 0.3 is 6.03 Å². The molecule has 3 aromatic rings. The first kappa shape index (κ1) is 18.3. The number of aromatic nitrogens is 1. The van der Waals surface area contributed by atoms with Gasteiger partial charge in [0.2, 0.25) is 10.0 Å². The summed E-state index contributed by atoms with van der Waals surface area (Å²) in [5, 5.41) is 6.02. The highest BCUT2D eigenvalue weighted by Crippen LogP contribution is 2.25. The fourth-order valence-corrected chi connectivity index (χ4v) is 3.93. The molecule has 1 aromatic heterocycles. The van der Waals surface area contributed by atoms with E-state index >= 15 is 0 Å². The van der Waals surface area contributed by atoms with Gasteiger partial charge in [-0.1, -0.05) is 47.7 Å². The number of rotatable bonds is 6. The molecule has 3 N–H and O–H groups in total. The number of hydrogen-bond donors (Lipinski definition) is 3. The van der Waals surface area contributed by atoms with Gasteiger partial charge in [-0.05, 0) is 30.3 Å². The highest BCUT2D eigenvalue weighted by atomic mass is 32.2. The number of benzene rings is 2. The van der Waals surface area contributed by atoms with Gasteiger partial charge in [0.1, 0.15) is 0 Å². The first-order chi connectivity index (χ1) is 12.4. The van der Waals surface area contributed by atoms with Gasteiger partial charge in [0.15, 0.2) is 5.13 Å². The van der Waals surface area contributed by atoms with Crippen molar-refractivity contribution < 1.29 is 13.2 Å². The molecule has 2 aromatic carbocycles. The van der Waals surface area contributed by atoms with E-state index in [2.05, 4.69) is 20.3 Å². The lowest BCUT2D eigenvalue weighted by molar-refractivity contribution is 0.251. The maximum atomic E-state index is 12.0. The normalized spacial score (nSPS) is 11.4. The molecule has 9 heteroatoms. The number of urea groups is 1. The Balaban J connectivity index is 1.54. The summed E-state index contributed by atoms with van der Waals surface area (Å²) in [6.07, 6.45) is 0. The fraction of sp³-hybridized carbons (Fsp3) is 0.176. The standard InChI is InChI=1S/C17H18N4O3S2/c1-18-26(23,24)11-13-8-6-12(7-9-13)10-19-16(22)21-17-20-14-4-2-3-5-15(14)25-17/h2-9,18H,10-11H2,1H3,(H2,19,20,21,22). The first-order valence-electron chi connectivity index (χ1n) is 7.85. The number of nitrogens with zero attached hydrogens (tertiary/aromatic N) is 1. The third-order valence-corrected chi connectivity index (χ3v) is 5.95. The van der Waals surface area contributed by atoms with Gasteiger partial charge in [0, 0.05) is 6.54 Å². The highest BCUT2D eigenvalue weighted by molar-refractivity contribution is 7.88. The van der Waals surface area contributed by atoms with Crippen molar-refractivity contribution in [3.63, 3.8) is 0 Å². The Bertz CT molecular complexity index is 981. The van der Waals surface area contributed by atoms with Crippen molar-refractivity contribution in [2.75, 3.05) is 12.4 Å². The number of para-hydroxylation sites is 1. The van der Waals surface area contributed by atoms with Crippen LogP contribution in [0.1, 0.15) is 11.1 Å². The quantitative estimate of drug-likeness (QED) is 0.602. The van der Waals surface area contributed by atoms with Crippen molar-refractivity contribution in [2.24, 2.45) is 0 Å². The van der Waals surface area contributed by atoms with Crippen LogP contribution >= 0.6 is 11.3 Å². The van der Waals surface area contributed by atoms with Crippen molar-refractivity contribution in [2.45, 2.75) is 12.3 Å². The molecule has 136 valence electrons. The van der Waals surface area contributed by atoms with Crippen LogP contribution < -0.4 is 15.4 Å². The largest absolute Gasteiger partial charge is 0.334 e. The van der Waals surface area contributed by atoms with E-state index in [0.717, 1.165) is 15.8 Å². The maximum absolute atomic E-state index is 12.0. The van der Waals surface area contributed by atoms with Crippen molar-refractivity contribution in [1.29, 1.82) is 0 Å². The number of carbonyl (C=O) groups excluding carboxylic acids is 1. The van der Waals surface area contributed by atoms with Crippen molar-refractivity contribution >= 4 is 42.7 Å². The summed E-state index contributed by atoms with van der Waals surface area (Å²) >= 11 is 1.41. The van der Waals surface area contributed by atoms with Crippen LogP contribution in [0, 0.1) is 0 Å². The molecule has 0 saturated carbocycles. The van der Waals surface area contributed by atoms with Crippen LogP contribution in [0.2, 0.25) is 0 Å². The van der Waals surface area contributed by atoms with Crippen LogP contribution in [-0.4, -0.2) is 26.5 Å². The summed E-state index contributed by atoms with van der Waals surface area (Å²) in [7, 11) is -1.91. The molecule has 0 spiro atoms. The van der Waals surface area contributed by atoms with Crippen LogP contribution in [-0.2, 0) is 22.3 Å². The number of anilines is 1. The lowest BCUT2D eigenvalue weighted by Crippen LogP contribution is -2.28. The van der Waals surface area contributed by atoms with Crippen molar-refractivity contribution in [3.05, 3.63) is 59.7 Å². The van der Waals surface area contributed by atoms with Crippen LogP contribution in [0.25, 0.3) is 10.2 Å². The van der Waals surface area contributed by atoms with E-state index in [1.807, 2.05) is 24.3 Å². The molecule has 0 saturated heterocycles. The smallest absolute Gasteiger partial charge is 0.321 e. The van der Waals surface area contributed by atoms with Gasteiger partial charge in [0.05, 0.1) is 16.0 Å². The monoisotopic (exact) mass is 390 g/mol. The van der Waals surface area contributed by atoms with Gasteiger partial charge < -0.3 is 5.32 Å². The second-order valence-corrected chi connectivity index (χ2v) is 8.53. The van der Waals surface area contributed by atoms with Gasteiger partial charge in [-0.2, -0.15) is 0 Å². The van der Waals surface area contributed by atoms with Gasteiger partial charge in [-0.3, -0.25) is 5.32 Å². The minimum absolute atomic E-state index is 0.0741. The second kappa shape index (κ2) is 7.81. The predicted molar refractivity (Wildman–Crippen MR) is 104 cm³/mol. The molecule has 0 fully saturated rings. The molecule has 0 unspecified atom stereocenters. The summed E-state index contributed by atoms with van der Waals surface area (Å²) in [6, 6.07) is 14.4. The molecular formula is C17H18N4O3S2. The molecule has 7 nitrogen and oxygen atoms in total. The topological polar surface area (TPSA) is 100 Å². The number of fused-ring (bicyclic) bond motifs is 1. The van der Waals surface area contributed by atoms with E-state index in [-0.39, 0.29) is 11.8 Å². The molecule has 2 amide bonds. The van der Waals surface area contributed by atoms with E-state index in [9.17, 15) is 13.2 Å². The summed E-state index contributed by atoms with van der Waals surface area (Å²) in [5.74, 6) is -0.0741. The summed E-state index contributed by atoms with van der Waals surface area (Å²) in [4.78, 5) is 16.4. The van der Waals surface area contributed by atoms with E-state index in [4.69, 9.17) is 0 Å². The van der Waals surface area contributed by atoms with Gasteiger partial charge in [0.25, 0.3) is 0 Å². The van der Waals surface area contributed by atoms with Gasteiger partial charge in [-0.25, -0.2) is 22.9 Å². The molecule has 0 aliphatic carbocycles. The van der Waals surface area contributed by atoms with Crippen molar-refractivity contribution in [1.82, 2.24) is 15.0 Å². The van der Waals surface area contributed by atoms with E-state index < -0.39 is 10.0 Å². The Morgan fingerprint density at radius 3 is 2.46 bits per heavy atom. The average molecular weight is 390 g/mol. The zero-order chi connectivity index (χ0) is 18.6. The third-order valence-electron chi connectivity index (χ3n) is 3.66. The number of hydrogen-bond acceptors (Lipinski definition) is 5. The molecule has 0 aliphatic heterocycles. The maximum Gasteiger partial charge on any atom is 0.321 e. The number of amides is 2. The Kier molecular flexibility index (Phi) is 5.50. The lowest BCUT2D eigenvalue weighted by Gasteiger charge is -2.07. The average Bonchev–Trinajstić information content (AvgIpc) is 3.03. The zero-order valence-electron chi connectivity index (χ0n) is 14.0. The number of nitrogens with one attached hydrogen (secondary N) is 3. The highest BCUT2D eigenvalue weighted by Gasteiger charge is 2.09. The second-order valence-electron chi connectivity index (χ2n) is 5.57. The van der Waals surface area contributed by atoms with E-state index in [0.29, 0.717) is 17.2 Å². The minimum atomic E-state index is -3.29. The first-order valence-corrected chi connectivity index (χ1v) is 10.3. The fourth-order valence-electron chi connectivity index (χ4n) is 2.29. The Morgan fingerprint density at radius 2 is 1.77 bits per heavy atom. The van der Waals surface area contributed by atoms with E-state index in [1.54, 1.807) is 24.3 Å². The molecule has 1 heterocycles. The summed E-state index contributed by atoms with van der Waals surface area (Å²) < 4.78 is 26.3. The van der Waals surface area contributed by atoms with Crippen LogP contribution in [0.5, 0.6) is 0 Å². The predicted octanol–water partition coefficient (Wildman–Crippen LogP) is 2.67. The van der Waals surface area contributed by atoms with Crippen LogP contribution in [0.15, 0.2) is 48.5 Å². The Morgan fingerprint density at radius 1 is 1.08 bits per heavy atom. The molecule has 0 atom stereocenters. The van der Waals surface area contributed by atoms with Gasteiger partial charge in [-0.15, -0.1) is 0 Å². The van der Waals surface area contributed by atoms with Crippen LogP contribution in [0.3, 0.4) is 0 Å². The summed E-state index contributed by atoms with van der Waals surface area (Å²) in [6.45, 7) is 0.329. The lowest BCUT2D eigenvalue weighted by atomic mass is 10.1. The molecular weight excluding hydrogens is 372 g/mol. The minimum Gasteiger partial charge on any atom is -0.334 e. The molecule has 26 heavy (non-hydrogen) atoms. The van der Waals surface area contributed by atoms with E-state index in [1.165, 1.54) is 18.4 Å².